The van der Waals surface area contributed by atoms with E-state index in [0.29, 0.717) is 17.9 Å². The molecule has 4 rings (SSSR count). The summed E-state index contributed by atoms with van der Waals surface area (Å²) in [7, 11) is 0. The minimum atomic E-state index is -0.313. The van der Waals surface area contributed by atoms with Crippen LogP contribution in [0.15, 0.2) is 72.8 Å². The smallest absolute Gasteiger partial charge is 0.244 e. The van der Waals surface area contributed by atoms with Gasteiger partial charge in [0.05, 0.1) is 5.52 Å². The summed E-state index contributed by atoms with van der Waals surface area (Å²) in [6.45, 7) is 2.33. The Morgan fingerprint density at radius 3 is 2.57 bits per heavy atom. The number of aryl methyl sites for hydroxylation is 1. The summed E-state index contributed by atoms with van der Waals surface area (Å²) in [6.07, 6.45) is 3.04. The molecule has 0 unspecified atom stereocenters. The lowest BCUT2D eigenvalue weighted by molar-refractivity contribution is -0.116. The Labute approximate surface area is 173 Å². The Bertz CT molecular complexity index is 1230. The van der Waals surface area contributed by atoms with Gasteiger partial charge in [0.15, 0.2) is 5.82 Å². The zero-order valence-corrected chi connectivity index (χ0v) is 16.3. The number of rotatable bonds is 5. The minimum Gasteiger partial charge on any atom is -0.426 e. The van der Waals surface area contributed by atoms with Crippen LogP contribution in [0.25, 0.3) is 28.5 Å². The van der Waals surface area contributed by atoms with Crippen molar-refractivity contribution in [2.24, 2.45) is 0 Å². The number of imidazole rings is 1. The van der Waals surface area contributed by atoms with Gasteiger partial charge in [-0.05, 0) is 54.0 Å². The second-order valence-electron chi connectivity index (χ2n) is 7.04. The van der Waals surface area contributed by atoms with Crippen molar-refractivity contribution in [3.8, 4) is 11.4 Å². The number of fused-ring (bicyclic) bond motifs is 1. The van der Waals surface area contributed by atoms with Gasteiger partial charge in [-0.2, -0.15) is 4.73 Å². The zero-order chi connectivity index (χ0) is 21.1. The van der Waals surface area contributed by atoms with E-state index in [1.54, 1.807) is 18.2 Å². The van der Waals surface area contributed by atoms with Gasteiger partial charge < -0.3 is 10.5 Å². The van der Waals surface area contributed by atoms with Crippen molar-refractivity contribution in [3.05, 3.63) is 95.3 Å². The molecule has 150 valence electrons. The van der Waals surface area contributed by atoms with Crippen LogP contribution in [0, 0.1) is 12.7 Å². The summed E-state index contributed by atoms with van der Waals surface area (Å²) in [4.78, 5) is 16.5. The van der Waals surface area contributed by atoms with Gasteiger partial charge in [-0.1, -0.05) is 42.5 Å². The number of hydrogen-bond acceptors (Lipinski definition) is 3. The van der Waals surface area contributed by atoms with Gasteiger partial charge in [-0.15, -0.1) is 0 Å². The van der Waals surface area contributed by atoms with Crippen LogP contribution in [0.4, 0.5) is 4.39 Å². The SMILES string of the molecule is Cc1ccc2nc(-c3ccc(CNC(=O)/C=C/c4ccc(F)cc4)cc3)n(O)c2c1. The molecular formula is C24H20FN3O2. The van der Waals surface area contributed by atoms with Crippen molar-refractivity contribution in [2.45, 2.75) is 13.5 Å². The fraction of sp³-hybridized carbons (Fsp3) is 0.0833. The highest BCUT2D eigenvalue weighted by Gasteiger charge is 2.12. The second-order valence-corrected chi connectivity index (χ2v) is 7.04. The fourth-order valence-electron chi connectivity index (χ4n) is 3.13. The molecule has 2 N–H and O–H groups in total. The molecule has 1 aromatic heterocycles. The number of halogens is 1. The largest absolute Gasteiger partial charge is 0.426 e. The standard InChI is InChI=1S/C24H20FN3O2/c1-16-2-12-21-22(14-16)28(30)24(27-21)19-8-3-18(4-9-19)15-26-23(29)13-7-17-5-10-20(25)11-6-17/h2-14,30H,15H2,1H3,(H,26,29)/b13-7+. The van der Waals surface area contributed by atoms with E-state index in [1.807, 2.05) is 49.4 Å². The average Bonchev–Trinajstić information content (AvgIpc) is 3.08. The number of benzene rings is 3. The fourth-order valence-corrected chi connectivity index (χ4v) is 3.13. The van der Waals surface area contributed by atoms with E-state index in [9.17, 15) is 14.4 Å². The maximum atomic E-state index is 12.9. The van der Waals surface area contributed by atoms with Crippen molar-refractivity contribution in [1.82, 2.24) is 15.0 Å². The molecule has 0 spiro atoms. The molecule has 0 saturated carbocycles. The van der Waals surface area contributed by atoms with Gasteiger partial charge in [-0.3, -0.25) is 4.79 Å². The first-order chi connectivity index (χ1) is 14.5. The van der Waals surface area contributed by atoms with Crippen LogP contribution in [0.2, 0.25) is 0 Å². The molecule has 0 fully saturated rings. The Balaban J connectivity index is 1.41. The first-order valence-corrected chi connectivity index (χ1v) is 9.49. The third-order valence-corrected chi connectivity index (χ3v) is 4.76. The summed E-state index contributed by atoms with van der Waals surface area (Å²) < 4.78 is 14.0. The number of carbonyl (C=O) groups is 1. The monoisotopic (exact) mass is 401 g/mol. The Kier molecular flexibility index (Phi) is 5.30. The maximum Gasteiger partial charge on any atom is 0.244 e. The quantitative estimate of drug-likeness (QED) is 0.376. The molecule has 4 aromatic rings. The van der Waals surface area contributed by atoms with Gasteiger partial charge in [0.1, 0.15) is 11.3 Å². The average molecular weight is 401 g/mol. The number of nitrogens with one attached hydrogen (secondary N) is 1. The van der Waals surface area contributed by atoms with Crippen LogP contribution < -0.4 is 5.32 Å². The molecule has 0 saturated heterocycles. The van der Waals surface area contributed by atoms with Crippen molar-refractivity contribution in [3.63, 3.8) is 0 Å². The summed E-state index contributed by atoms with van der Waals surface area (Å²) in [5.41, 5.74) is 4.87. The molecule has 0 aliphatic rings. The van der Waals surface area contributed by atoms with E-state index in [-0.39, 0.29) is 11.7 Å². The molecule has 1 amide bonds. The molecule has 3 aromatic carbocycles. The van der Waals surface area contributed by atoms with E-state index in [2.05, 4.69) is 10.3 Å². The van der Waals surface area contributed by atoms with E-state index in [4.69, 9.17) is 0 Å². The summed E-state index contributed by atoms with van der Waals surface area (Å²) >= 11 is 0. The molecule has 1 heterocycles. The van der Waals surface area contributed by atoms with Gasteiger partial charge >= 0.3 is 0 Å². The highest BCUT2D eigenvalue weighted by Crippen LogP contribution is 2.24. The molecule has 5 nitrogen and oxygen atoms in total. The normalized spacial score (nSPS) is 11.3. The molecular weight excluding hydrogens is 381 g/mol. The van der Waals surface area contributed by atoms with Crippen LogP contribution in [-0.4, -0.2) is 20.8 Å². The highest BCUT2D eigenvalue weighted by atomic mass is 19.1. The first kappa shape index (κ1) is 19.4. The highest BCUT2D eigenvalue weighted by molar-refractivity contribution is 5.91. The van der Waals surface area contributed by atoms with E-state index in [0.717, 1.165) is 32.5 Å². The van der Waals surface area contributed by atoms with Gasteiger partial charge in [0, 0.05) is 18.2 Å². The third kappa shape index (κ3) is 4.22. The topological polar surface area (TPSA) is 67.2 Å². The number of aromatic nitrogens is 2. The summed E-state index contributed by atoms with van der Waals surface area (Å²) in [6, 6.07) is 19.1. The maximum absolute atomic E-state index is 12.9. The summed E-state index contributed by atoms with van der Waals surface area (Å²) in [5.74, 6) is -0.0868. The van der Waals surface area contributed by atoms with Crippen LogP contribution in [0.3, 0.4) is 0 Å². The van der Waals surface area contributed by atoms with Gasteiger partial charge in [0.25, 0.3) is 0 Å². The van der Waals surface area contributed by atoms with E-state index >= 15 is 0 Å². The second kappa shape index (κ2) is 8.21. The van der Waals surface area contributed by atoms with Crippen LogP contribution in [0.1, 0.15) is 16.7 Å². The Morgan fingerprint density at radius 1 is 1.10 bits per heavy atom. The summed E-state index contributed by atoms with van der Waals surface area (Å²) in [5, 5.41) is 13.3. The third-order valence-electron chi connectivity index (χ3n) is 4.76. The molecule has 0 bridgehead atoms. The number of amides is 1. The molecule has 6 heteroatoms. The molecule has 0 aliphatic carbocycles. The lowest BCUT2D eigenvalue weighted by Crippen LogP contribution is -2.20. The first-order valence-electron chi connectivity index (χ1n) is 9.49. The molecule has 30 heavy (non-hydrogen) atoms. The predicted molar refractivity (Wildman–Crippen MR) is 114 cm³/mol. The lowest BCUT2D eigenvalue weighted by Gasteiger charge is -2.05. The van der Waals surface area contributed by atoms with E-state index in [1.165, 1.54) is 18.2 Å². The van der Waals surface area contributed by atoms with Crippen LogP contribution >= 0.6 is 0 Å². The Morgan fingerprint density at radius 2 is 1.83 bits per heavy atom. The van der Waals surface area contributed by atoms with Crippen LogP contribution in [0.5, 0.6) is 0 Å². The zero-order valence-electron chi connectivity index (χ0n) is 16.3. The van der Waals surface area contributed by atoms with Crippen molar-refractivity contribution >= 4 is 23.0 Å². The van der Waals surface area contributed by atoms with Gasteiger partial charge in [0.2, 0.25) is 5.91 Å². The van der Waals surface area contributed by atoms with Crippen molar-refractivity contribution in [1.29, 1.82) is 0 Å². The predicted octanol–water partition coefficient (Wildman–Crippen LogP) is 4.72. The minimum absolute atomic E-state index is 0.240. The molecule has 0 atom stereocenters. The van der Waals surface area contributed by atoms with Gasteiger partial charge in [-0.25, -0.2) is 9.37 Å². The molecule has 0 radical (unpaired) electrons. The number of carbonyl (C=O) groups excluding carboxylic acids is 1. The number of nitrogens with zero attached hydrogens (tertiary/aromatic N) is 2. The van der Waals surface area contributed by atoms with Crippen LogP contribution in [-0.2, 0) is 11.3 Å². The number of hydrogen-bond donors (Lipinski definition) is 2. The Hall–Kier alpha value is -3.93. The van der Waals surface area contributed by atoms with Crippen molar-refractivity contribution < 1.29 is 14.4 Å². The van der Waals surface area contributed by atoms with Crippen molar-refractivity contribution in [2.75, 3.05) is 0 Å². The molecule has 0 aliphatic heterocycles. The lowest BCUT2D eigenvalue weighted by atomic mass is 10.1. The van der Waals surface area contributed by atoms with E-state index < -0.39 is 0 Å².